The molecular weight excluding hydrogens is 326 g/mol. The molecule has 0 bridgehead atoms. The van der Waals surface area contributed by atoms with Crippen LogP contribution in [0.2, 0.25) is 0 Å². The maximum Gasteiger partial charge on any atom is 0.240 e. The Morgan fingerprint density at radius 3 is 2.77 bits per heavy atom. The average Bonchev–Trinajstić information content (AvgIpc) is 2.92. The van der Waals surface area contributed by atoms with Crippen LogP contribution in [0, 0.1) is 0 Å². The highest BCUT2D eigenvalue weighted by molar-refractivity contribution is 7.89. The molecule has 22 heavy (non-hydrogen) atoms. The Labute approximate surface area is 132 Å². The summed E-state index contributed by atoms with van der Waals surface area (Å²) in [5.41, 5.74) is 6.31. The molecule has 3 rings (SSSR count). The Hall–Kier alpha value is -1.84. The molecule has 1 aliphatic heterocycles. The average molecular weight is 341 g/mol. The lowest BCUT2D eigenvalue weighted by Gasteiger charge is -2.18. The van der Waals surface area contributed by atoms with Crippen molar-refractivity contribution in [3.63, 3.8) is 0 Å². The van der Waals surface area contributed by atoms with Crippen LogP contribution in [0.5, 0.6) is 11.5 Å². The van der Waals surface area contributed by atoms with Gasteiger partial charge in [-0.25, -0.2) is 18.1 Å². The fourth-order valence-electron chi connectivity index (χ4n) is 2.03. The molecule has 9 heteroatoms. The van der Waals surface area contributed by atoms with Crippen molar-refractivity contribution in [2.75, 3.05) is 25.5 Å². The van der Waals surface area contributed by atoms with Gasteiger partial charge in [0.2, 0.25) is 10.0 Å². The summed E-state index contributed by atoms with van der Waals surface area (Å²) in [5, 5.41) is 2.29. The number of nitrogen functional groups attached to an aromatic ring is 1. The Balaban J connectivity index is 1.67. The van der Waals surface area contributed by atoms with E-state index in [-0.39, 0.29) is 11.4 Å². The summed E-state index contributed by atoms with van der Waals surface area (Å²) in [5.74, 6) is 1.00. The van der Waals surface area contributed by atoms with Gasteiger partial charge in [-0.2, -0.15) is 0 Å². The molecule has 0 saturated heterocycles. The van der Waals surface area contributed by atoms with Crippen LogP contribution in [0.15, 0.2) is 28.5 Å². The second-order valence-electron chi connectivity index (χ2n) is 4.63. The molecule has 7 nitrogen and oxygen atoms in total. The highest BCUT2D eigenvalue weighted by Crippen LogP contribution is 2.32. The molecule has 3 N–H and O–H groups in total. The largest absolute Gasteiger partial charge is 0.486 e. The Kier molecular flexibility index (Phi) is 4.19. The molecule has 118 valence electrons. The van der Waals surface area contributed by atoms with Crippen molar-refractivity contribution in [1.29, 1.82) is 0 Å². The number of aromatic nitrogens is 1. The van der Waals surface area contributed by atoms with E-state index in [0.29, 0.717) is 36.3 Å². The predicted octanol–water partition coefficient (Wildman–Crippen LogP) is 1.02. The quantitative estimate of drug-likeness (QED) is 0.841. The zero-order chi connectivity index (χ0) is 15.6. The maximum absolute atomic E-state index is 12.3. The van der Waals surface area contributed by atoms with E-state index in [1.54, 1.807) is 6.07 Å². The van der Waals surface area contributed by atoms with E-state index in [0.717, 1.165) is 5.69 Å². The molecule has 0 saturated carbocycles. The normalized spacial score (nSPS) is 14.0. The molecule has 1 aromatic carbocycles. The molecule has 0 spiro atoms. The Morgan fingerprint density at radius 1 is 1.27 bits per heavy atom. The topological polar surface area (TPSA) is 104 Å². The van der Waals surface area contributed by atoms with Crippen molar-refractivity contribution >= 4 is 26.5 Å². The fraction of sp³-hybridized carbons (Fsp3) is 0.308. The van der Waals surface area contributed by atoms with Gasteiger partial charge >= 0.3 is 0 Å². The molecule has 0 atom stereocenters. The number of nitrogens with two attached hydrogens (primary N) is 1. The lowest BCUT2D eigenvalue weighted by molar-refractivity contribution is 0.171. The second kappa shape index (κ2) is 6.11. The smallest absolute Gasteiger partial charge is 0.240 e. The number of nitrogens with one attached hydrogen (secondary N) is 1. The first kappa shape index (κ1) is 15.1. The first-order valence-corrected chi connectivity index (χ1v) is 9.00. The SMILES string of the molecule is Nc1nc(CCNS(=O)(=O)c2ccc3c(c2)OCCO3)cs1. The lowest BCUT2D eigenvalue weighted by atomic mass is 10.3. The van der Waals surface area contributed by atoms with Gasteiger partial charge in [0.05, 0.1) is 10.6 Å². The predicted molar refractivity (Wildman–Crippen MR) is 82.9 cm³/mol. The van der Waals surface area contributed by atoms with E-state index in [4.69, 9.17) is 15.2 Å². The van der Waals surface area contributed by atoms with Gasteiger partial charge in [0.15, 0.2) is 16.6 Å². The van der Waals surface area contributed by atoms with Crippen molar-refractivity contribution in [3.05, 3.63) is 29.3 Å². The van der Waals surface area contributed by atoms with Gasteiger partial charge in [0.25, 0.3) is 0 Å². The zero-order valence-electron chi connectivity index (χ0n) is 11.6. The lowest BCUT2D eigenvalue weighted by Crippen LogP contribution is -2.26. The first-order chi connectivity index (χ1) is 10.5. The van der Waals surface area contributed by atoms with Crippen molar-refractivity contribution < 1.29 is 17.9 Å². The van der Waals surface area contributed by atoms with Gasteiger partial charge in [0, 0.05) is 24.4 Å². The minimum atomic E-state index is -3.60. The van der Waals surface area contributed by atoms with Gasteiger partial charge in [-0.1, -0.05) is 0 Å². The van der Waals surface area contributed by atoms with Gasteiger partial charge in [-0.3, -0.25) is 0 Å². The highest BCUT2D eigenvalue weighted by Gasteiger charge is 2.19. The van der Waals surface area contributed by atoms with Crippen LogP contribution in [0.25, 0.3) is 0 Å². The minimum absolute atomic E-state index is 0.148. The standard InChI is InChI=1S/C13H15N3O4S2/c14-13-16-9(8-21-13)3-4-15-22(17,18)10-1-2-11-12(7-10)20-6-5-19-11/h1-2,7-8,15H,3-6H2,(H2,14,16). The Bertz CT molecular complexity index is 773. The number of thiazole rings is 1. The molecule has 2 heterocycles. The van der Waals surface area contributed by atoms with Crippen molar-refractivity contribution in [2.45, 2.75) is 11.3 Å². The zero-order valence-corrected chi connectivity index (χ0v) is 13.2. The monoisotopic (exact) mass is 341 g/mol. The van der Waals surface area contributed by atoms with E-state index in [9.17, 15) is 8.42 Å². The summed E-state index contributed by atoms with van der Waals surface area (Å²) in [6.07, 6.45) is 0.484. The molecular formula is C13H15N3O4S2. The summed E-state index contributed by atoms with van der Waals surface area (Å²) in [6, 6.07) is 4.57. The van der Waals surface area contributed by atoms with Crippen LogP contribution >= 0.6 is 11.3 Å². The van der Waals surface area contributed by atoms with Gasteiger partial charge in [-0.15, -0.1) is 11.3 Å². The molecule has 0 amide bonds. The van der Waals surface area contributed by atoms with Crippen LogP contribution < -0.4 is 19.9 Å². The van der Waals surface area contributed by atoms with E-state index in [1.165, 1.54) is 23.5 Å². The van der Waals surface area contributed by atoms with Crippen LogP contribution in [0.3, 0.4) is 0 Å². The van der Waals surface area contributed by atoms with Crippen molar-refractivity contribution in [3.8, 4) is 11.5 Å². The number of hydrogen-bond donors (Lipinski definition) is 2. The number of anilines is 1. The number of nitrogens with zero attached hydrogens (tertiary/aromatic N) is 1. The number of rotatable bonds is 5. The summed E-state index contributed by atoms with van der Waals surface area (Å²) >= 11 is 1.33. The number of hydrogen-bond acceptors (Lipinski definition) is 7. The van der Waals surface area contributed by atoms with Crippen LogP contribution in [0.1, 0.15) is 5.69 Å². The van der Waals surface area contributed by atoms with Crippen LogP contribution in [0.4, 0.5) is 5.13 Å². The third kappa shape index (κ3) is 3.32. The van der Waals surface area contributed by atoms with E-state index in [2.05, 4.69) is 9.71 Å². The van der Waals surface area contributed by atoms with E-state index >= 15 is 0 Å². The molecule has 0 radical (unpaired) electrons. The van der Waals surface area contributed by atoms with Gasteiger partial charge < -0.3 is 15.2 Å². The summed E-state index contributed by atoms with van der Waals surface area (Å²) < 4.78 is 37.8. The summed E-state index contributed by atoms with van der Waals surface area (Å²) in [4.78, 5) is 4.23. The molecule has 2 aromatic rings. The molecule has 0 fully saturated rings. The van der Waals surface area contributed by atoms with E-state index < -0.39 is 10.0 Å². The number of fused-ring (bicyclic) bond motifs is 1. The number of benzene rings is 1. The van der Waals surface area contributed by atoms with Gasteiger partial charge in [-0.05, 0) is 12.1 Å². The Morgan fingerprint density at radius 2 is 2.05 bits per heavy atom. The highest BCUT2D eigenvalue weighted by atomic mass is 32.2. The molecule has 0 aliphatic carbocycles. The molecule has 0 unspecified atom stereocenters. The third-order valence-electron chi connectivity index (χ3n) is 3.07. The number of sulfonamides is 1. The summed E-state index contributed by atoms with van der Waals surface area (Å²) in [6.45, 7) is 1.13. The molecule has 1 aliphatic rings. The fourth-order valence-corrected chi connectivity index (χ4v) is 3.67. The maximum atomic E-state index is 12.3. The van der Waals surface area contributed by atoms with E-state index in [1.807, 2.05) is 5.38 Å². The van der Waals surface area contributed by atoms with Gasteiger partial charge in [0.1, 0.15) is 13.2 Å². The van der Waals surface area contributed by atoms with Crippen molar-refractivity contribution in [2.24, 2.45) is 0 Å². The first-order valence-electron chi connectivity index (χ1n) is 6.64. The van der Waals surface area contributed by atoms with Crippen LogP contribution in [-0.2, 0) is 16.4 Å². The van der Waals surface area contributed by atoms with Crippen molar-refractivity contribution in [1.82, 2.24) is 9.71 Å². The number of ether oxygens (including phenoxy) is 2. The molecule has 1 aromatic heterocycles. The third-order valence-corrected chi connectivity index (χ3v) is 5.25. The summed E-state index contributed by atoms with van der Waals surface area (Å²) in [7, 11) is -3.60. The second-order valence-corrected chi connectivity index (χ2v) is 7.29. The minimum Gasteiger partial charge on any atom is -0.486 e. The van der Waals surface area contributed by atoms with Crippen LogP contribution in [-0.4, -0.2) is 33.2 Å².